The van der Waals surface area contributed by atoms with Gasteiger partial charge in [0.05, 0.1) is 17.1 Å². The van der Waals surface area contributed by atoms with Gasteiger partial charge in [0.25, 0.3) is 5.69 Å². The molecule has 0 aromatic heterocycles. The van der Waals surface area contributed by atoms with Crippen LogP contribution in [0.5, 0.6) is 5.75 Å². The summed E-state index contributed by atoms with van der Waals surface area (Å²) in [7, 11) is 0. The number of benzene rings is 3. The number of rotatable bonds is 7. The Morgan fingerprint density at radius 2 is 1.89 bits per heavy atom. The van der Waals surface area contributed by atoms with Crippen molar-refractivity contribution in [1.82, 2.24) is 0 Å². The zero-order chi connectivity index (χ0) is 25.9. The van der Waals surface area contributed by atoms with Crippen LogP contribution in [0.2, 0.25) is 0 Å². The summed E-state index contributed by atoms with van der Waals surface area (Å²) in [5.41, 5.74) is -0.944. The molecule has 0 bridgehead atoms. The van der Waals surface area contributed by atoms with Gasteiger partial charge in [-0.3, -0.25) is 14.9 Å². The van der Waals surface area contributed by atoms with Crippen LogP contribution < -0.4 is 10.1 Å². The molecule has 1 aliphatic heterocycles. The molecule has 1 aliphatic rings. The van der Waals surface area contributed by atoms with Crippen molar-refractivity contribution in [2.75, 3.05) is 11.9 Å². The Hall–Kier alpha value is -4.19. The number of nitrogens with zero attached hydrogens (tertiary/aromatic N) is 1. The summed E-state index contributed by atoms with van der Waals surface area (Å²) < 4.78 is 69.3. The first kappa shape index (κ1) is 24.9. The van der Waals surface area contributed by atoms with E-state index in [1.54, 1.807) is 24.3 Å². The van der Waals surface area contributed by atoms with E-state index in [-0.39, 0.29) is 24.5 Å². The predicted octanol–water partition coefficient (Wildman–Crippen LogP) is 5.52. The van der Waals surface area contributed by atoms with E-state index in [0.717, 1.165) is 17.7 Å². The van der Waals surface area contributed by atoms with Crippen molar-refractivity contribution < 1.29 is 41.5 Å². The molecule has 0 unspecified atom stereocenters. The van der Waals surface area contributed by atoms with Gasteiger partial charge in [0.1, 0.15) is 30.4 Å². The summed E-state index contributed by atoms with van der Waals surface area (Å²) in [4.78, 5) is 22.4. The molecular formula is C24H18F4N2O6. The quantitative estimate of drug-likeness (QED) is 0.195. The number of nitro benzene ring substituents is 1. The van der Waals surface area contributed by atoms with E-state index in [1.807, 2.05) is 6.07 Å². The number of ether oxygens (including phenoxy) is 3. The number of carbonyl (C=O) groups excluding carboxylic acids is 1. The Labute approximate surface area is 201 Å². The summed E-state index contributed by atoms with van der Waals surface area (Å²) in [5, 5.41) is 13.6. The summed E-state index contributed by atoms with van der Waals surface area (Å²) >= 11 is 0. The van der Waals surface area contributed by atoms with Crippen molar-refractivity contribution in [2.45, 2.75) is 25.7 Å². The average Bonchev–Trinajstić information content (AvgIpc) is 2.85. The number of halogens is 4. The van der Waals surface area contributed by atoms with Gasteiger partial charge in [-0.2, -0.15) is 13.2 Å². The lowest BCUT2D eigenvalue weighted by molar-refractivity contribution is -0.384. The number of carbonyl (C=O) groups is 1. The molecule has 0 saturated carbocycles. The van der Waals surface area contributed by atoms with Gasteiger partial charge in [0.2, 0.25) is 6.29 Å². The minimum Gasteiger partial charge on any atom is -0.460 e. The molecule has 1 heterocycles. The van der Waals surface area contributed by atoms with Crippen LogP contribution in [0.25, 0.3) is 0 Å². The van der Waals surface area contributed by atoms with Crippen LogP contribution in [0, 0.1) is 15.9 Å². The Balaban J connectivity index is 1.43. The molecule has 188 valence electrons. The molecule has 1 atom stereocenters. The second kappa shape index (κ2) is 10.2. The fourth-order valence-electron chi connectivity index (χ4n) is 3.54. The Bertz CT molecular complexity index is 1280. The van der Waals surface area contributed by atoms with Crippen LogP contribution in [0.15, 0.2) is 60.7 Å². The third-order valence-electron chi connectivity index (χ3n) is 5.23. The van der Waals surface area contributed by atoms with Crippen molar-refractivity contribution >= 4 is 17.3 Å². The smallest absolute Gasteiger partial charge is 0.416 e. The lowest BCUT2D eigenvalue weighted by atomic mass is 10.1. The predicted molar refractivity (Wildman–Crippen MR) is 117 cm³/mol. The maximum atomic E-state index is 14.1. The van der Waals surface area contributed by atoms with Gasteiger partial charge in [-0.1, -0.05) is 30.3 Å². The molecule has 8 nitrogen and oxygen atoms in total. The van der Waals surface area contributed by atoms with Crippen LogP contribution >= 0.6 is 0 Å². The molecule has 1 N–H and O–H groups in total. The molecule has 0 spiro atoms. The van der Waals surface area contributed by atoms with Gasteiger partial charge in [-0.05, 0) is 24.3 Å². The van der Waals surface area contributed by atoms with E-state index in [2.05, 4.69) is 5.32 Å². The van der Waals surface area contributed by atoms with Crippen molar-refractivity contribution in [1.29, 1.82) is 0 Å². The first-order chi connectivity index (χ1) is 17.1. The maximum absolute atomic E-state index is 14.1. The Kier molecular flexibility index (Phi) is 7.06. The van der Waals surface area contributed by atoms with Crippen molar-refractivity contribution in [3.05, 3.63) is 98.8 Å². The number of nitro groups is 1. The molecule has 0 saturated heterocycles. The number of anilines is 1. The molecular weight excluding hydrogens is 488 g/mol. The average molecular weight is 506 g/mol. The molecule has 4 rings (SSSR count). The topological polar surface area (TPSA) is 99.9 Å². The van der Waals surface area contributed by atoms with Crippen LogP contribution in [0.1, 0.15) is 28.5 Å². The van der Waals surface area contributed by atoms with Crippen molar-refractivity contribution in [3.63, 3.8) is 0 Å². The first-order valence-corrected chi connectivity index (χ1v) is 10.5. The maximum Gasteiger partial charge on any atom is 0.416 e. The van der Waals surface area contributed by atoms with Crippen molar-refractivity contribution in [3.8, 4) is 5.75 Å². The minimum absolute atomic E-state index is 0.0622. The highest BCUT2D eigenvalue weighted by atomic mass is 19.4. The summed E-state index contributed by atoms with van der Waals surface area (Å²) in [6.45, 7) is -0.899. The Morgan fingerprint density at radius 1 is 1.14 bits per heavy atom. The van der Waals surface area contributed by atoms with E-state index in [0.29, 0.717) is 23.4 Å². The fraction of sp³-hybridized carbons (Fsp3) is 0.208. The second-order valence-corrected chi connectivity index (χ2v) is 7.73. The largest absolute Gasteiger partial charge is 0.460 e. The van der Waals surface area contributed by atoms with Gasteiger partial charge >= 0.3 is 12.1 Å². The third-order valence-corrected chi connectivity index (χ3v) is 5.23. The fourth-order valence-corrected chi connectivity index (χ4v) is 3.54. The van der Waals surface area contributed by atoms with Gasteiger partial charge < -0.3 is 19.5 Å². The van der Waals surface area contributed by atoms with E-state index < -0.39 is 47.0 Å². The highest BCUT2D eigenvalue weighted by Gasteiger charge is 2.33. The van der Waals surface area contributed by atoms with Crippen LogP contribution in [0.4, 0.5) is 28.9 Å². The monoisotopic (exact) mass is 506 g/mol. The van der Waals surface area contributed by atoms with Gasteiger partial charge in [-0.15, -0.1) is 0 Å². The highest BCUT2D eigenvalue weighted by Crippen LogP contribution is 2.37. The highest BCUT2D eigenvalue weighted by molar-refractivity contribution is 5.77. The van der Waals surface area contributed by atoms with Gasteiger partial charge in [0.15, 0.2) is 0 Å². The second-order valence-electron chi connectivity index (χ2n) is 7.73. The van der Waals surface area contributed by atoms with Gasteiger partial charge in [0, 0.05) is 22.8 Å². The standard InChI is InChI=1S/C24H18F4N2O6/c25-18-8-15(22-16(9-18)13-35-23(36-22)14-4-2-1-3-5-14)12-34-21(31)11-29-19-7-6-17(24(26,27)28)10-20(19)30(32)33/h1-10,23,29H,11-13H2/t23-/m1/s1. The van der Waals surface area contributed by atoms with E-state index in [9.17, 15) is 32.5 Å². The molecule has 12 heteroatoms. The molecule has 0 amide bonds. The first-order valence-electron chi connectivity index (χ1n) is 10.5. The van der Waals surface area contributed by atoms with Crippen LogP contribution in [-0.2, 0) is 33.7 Å². The Morgan fingerprint density at radius 3 is 2.58 bits per heavy atom. The summed E-state index contributed by atoms with van der Waals surface area (Å²) in [6, 6.07) is 13.3. The molecule has 0 fully saturated rings. The number of hydrogen-bond donors (Lipinski definition) is 1. The number of hydrogen-bond acceptors (Lipinski definition) is 7. The van der Waals surface area contributed by atoms with E-state index in [1.165, 1.54) is 6.07 Å². The number of nitrogens with one attached hydrogen (secondary N) is 1. The number of esters is 1. The van der Waals surface area contributed by atoms with E-state index >= 15 is 0 Å². The van der Waals surface area contributed by atoms with E-state index in [4.69, 9.17) is 14.2 Å². The van der Waals surface area contributed by atoms with Crippen molar-refractivity contribution in [2.24, 2.45) is 0 Å². The normalized spacial score (nSPS) is 14.9. The zero-order valence-corrected chi connectivity index (χ0v) is 18.4. The lowest BCUT2D eigenvalue weighted by Crippen LogP contribution is -2.21. The molecule has 36 heavy (non-hydrogen) atoms. The van der Waals surface area contributed by atoms with Crippen LogP contribution in [0.3, 0.4) is 0 Å². The zero-order valence-electron chi connectivity index (χ0n) is 18.4. The SMILES string of the molecule is O=C(CNc1ccc(C(F)(F)F)cc1[N+](=O)[O-])OCc1cc(F)cc2c1O[C@H](c1ccccc1)OC2. The van der Waals surface area contributed by atoms with Gasteiger partial charge in [-0.25, -0.2) is 4.39 Å². The lowest BCUT2D eigenvalue weighted by Gasteiger charge is -2.28. The number of alkyl halides is 3. The van der Waals surface area contributed by atoms with Crippen LogP contribution in [-0.4, -0.2) is 17.4 Å². The molecule has 3 aromatic rings. The summed E-state index contributed by atoms with van der Waals surface area (Å²) in [5.74, 6) is -1.17. The third kappa shape index (κ3) is 5.71. The summed E-state index contributed by atoms with van der Waals surface area (Å²) in [6.07, 6.45) is -5.51. The minimum atomic E-state index is -4.76. The molecule has 3 aromatic carbocycles. The molecule has 0 aliphatic carbocycles. The number of fused-ring (bicyclic) bond motifs is 1. The molecule has 0 radical (unpaired) electrons.